The molecule has 160 valence electrons. The first kappa shape index (κ1) is 21.4. The molecule has 0 radical (unpaired) electrons. The fraction of sp³-hybridized carbons (Fsp3) is 0.320. The summed E-state index contributed by atoms with van der Waals surface area (Å²) in [5.74, 6) is 0.935. The van der Waals surface area contributed by atoms with Crippen LogP contribution >= 0.6 is 11.8 Å². The molecule has 1 aliphatic rings. The topological polar surface area (TPSA) is 58.1 Å². The van der Waals surface area contributed by atoms with Gasteiger partial charge >= 0.3 is 0 Å². The molecule has 4 rings (SSSR count). The van der Waals surface area contributed by atoms with Crippen LogP contribution in [0.5, 0.6) is 0 Å². The van der Waals surface area contributed by atoms with E-state index in [0.29, 0.717) is 13.1 Å². The minimum Gasteiger partial charge on any atom is -0.354 e. The summed E-state index contributed by atoms with van der Waals surface area (Å²) in [4.78, 5) is 25.4. The zero-order chi connectivity index (χ0) is 21.6. The van der Waals surface area contributed by atoms with Gasteiger partial charge in [0.1, 0.15) is 5.03 Å². The molecule has 0 aliphatic carbocycles. The van der Waals surface area contributed by atoms with Crippen molar-refractivity contribution in [2.24, 2.45) is 5.92 Å². The lowest BCUT2D eigenvalue weighted by Gasteiger charge is -2.33. The Balaban J connectivity index is 1.41. The normalized spacial score (nSPS) is 16.2. The highest BCUT2D eigenvalue weighted by Gasteiger charge is 2.28. The molecule has 1 unspecified atom stereocenters. The van der Waals surface area contributed by atoms with E-state index in [4.69, 9.17) is 0 Å². The Morgan fingerprint density at radius 1 is 1.03 bits per heavy atom. The molecule has 3 aromatic rings. The summed E-state index contributed by atoms with van der Waals surface area (Å²) in [6.45, 7) is 6.27. The molecule has 31 heavy (non-hydrogen) atoms. The third-order valence-electron chi connectivity index (χ3n) is 5.56. The second-order valence-electron chi connectivity index (χ2n) is 8.09. The van der Waals surface area contributed by atoms with Crippen LogP contribution < -0.4 is 10.2 Å². The van der Waals surface area contributed by atoms with Gasteiger partial charge in [0.15, 0.2) is 5.82 Å². The minimum atomic E-state index is -0.0431. The van der Waals surface area contributed by atoms with Crippen molar-refractivity contribution >= 4 is 23.5 Å². The first-order valence-corrected chi connectivity index (χ1v) is 11.5. The van der Waals surface area contributed by atoms with Crippen LogP contribution in [0, 0.1) is 19.8 Å². The Labute approximate surface area is 188 Å². The number of amides is 1. The number of carbonyl (C=O) groups excluding carboxylic acids is 1. The van der Waals surface area contributed by atoms with Gasteiger partial charge < -0.3 is 10.2 Å². The predicted molar refractivity (Wildman–Crippen MR) is 125 cm³/mol. The fourth-order valence-corrected chi connectivity index (χ4v) is 4.63. The number of carbonyl (C=O) groups is 1. The maximum atomic E-state index is 12.8. The van der Waals surface area contributed by atoms with Crippen molar-refractivity contribution in [2.45, 2.75) is 43.2 Å². The summed E-state index contributed by atoms with van der Waals surface area (Å²) < 4.78 is 0. The number of hydrogen-bond acceptors (Lipinski definition) is 5. The standard InChI is InChI=1S/C25H28N4OS/c1-18-5-9-20(10-6-18)16-28-24(30)21-4-3-15-29(17-21)23-25(27-14-13-26-23)31-22-11-7-19(2)8-12-22/h5-14,21H,3-4,15-17H2,1-2H3,(H,28,30). The Bertz CT molecular complexity index is 1020. The van der Waals surface area contributed by atoms with E-state index in [0.717, 1.165) is 40.7 Å². The average Bonchev–Trinajstić information content (AvgIpc) is 2.80. The van der Waals surface area contributed by atoms with Crippen LogP contribution in [0.15, 0.2) is 70.8 Å². The summed E-state index contributed by atoms with van der Waals surface area (Å²) in [5, 5.41) is 3.99. The Morgan fingerprint density at radius 2 is 1.71 bits per heavy atom. The highest BCUT2D eigenvalue weighted by molar-refractivity contribution is 7.99. The number of aromatic nitrogens is 2. The number of anilines is 1. The van der Waals surface area contributed by atoms with Crippen molar-refractivity contribution in [1.29, 1.82) is 0 Å². The second kappa shape index (κ2) is 9.96. The predicted octanol–water partition coefficient (Wildman–Crippen LogP) is 4.78. The Hall–Kier alpha value is -2.86. The quantitative estimate of drug-likeness (QED) is 0.608. The van der Waals surface area contributed by atoms with Gasteiger partial charge in [-0.25, -0.2) is 9.97 Å². The van der Waals surface area contributed by atoms with Crippen LogP contribution in [0.3, 0.4) is 0 Å². The van der Waals surface area contributed by atoms with E-state index >= 15 is 0 Å². The SMILES string of the molecule is Cc1ccc(CNC(=O)C2CCCN(c3nccnc3Sc3ccc(C)cc3)C2)cc1. The third kappa shape index (κ3) is 5.64. The van der Waals surface area contributed by atoms with Crippen LogP contribution in [-0.4, -0.2) is 29.0 Å². The average molecular weight is 433 g/mol. The van der Waals surface area contributed by atoms with E-state index in [2.05, 4.69) is 82.6 Å². The Kier molecular flexibility index (Phi) is 6.87. The number of nitrogens with one attached hydrogen (secondary N) is 1. The Morgan fingerprint density at radius 3 is 2.45 bits per heavy atom. The molecule has 1 fully saturated rings. The molecule has 1 amide bonds. The first-order chi connectivity index (χ1) is 15.1. The van der Waals surface area contributed by atoms with Crippen LogP contribution in [0.25, 0.3) is 0 Å². The molecule has 0 saturated carbocycles. The van der Waals surface area contributed by atoms with Crippen LogP contribution in [-0.2, 0) is 11.3 Å². The summed E-state index contributed by atoms with van der Waals surface area (Å²) in [6, 6.07) is 16.7. The molecule has 2 aromatic carbocycles. The molecule has 6 heteroatoms. The summed E-state index contributed by atoms with van der Waals surface area (Å²) in [7, 11) is 0. The number of rotatable bonds is 6. The van der Waals surface area contributed by atoms with Gasteiger partial charge in [-0.2, -0.15) is 0 Å². The van der Waals surface area contributed by atoms with E-state index in [1.165, 1.54) is 11.1 Å². The molecular formula is C25H28N4OS. The first-order valence-electron chi connectivity index (χ1n) is 10.7. The molecule has 1 aliphatic heterocycles. The molecule has 1 atom stereocenters. The van der Waals surface area contributed by atoms with Gasteiger partial charge in [0.05, 0.1) is 5.92 Å². The minimum absolute atomic E-state index is 0.0431. The van der Waals surface area contributed by atoms with Crippen LogP contribution in [0.1, 0.15) is 29.5 Å². The highest BCUT2D eigenvalue weighted by Crippen LogP contribution is 2.34. The molecular weight excluding hydrogens is 404 g/mol. The van der Waals surface area contributed by atoms with Gasteiger partial charge in [0, 0.05) is 36.9 Å². The van der Waals surface area contributed by atoms with E-state index in [9.17, 15) is 4.79 Å². The van der Waals surface area contributed by atoms with Crippen molar-refractivity contribution < 1.29 is 4.79 Å². The van der Waals surface area contributed by atoms with Crippen LogP contribution in [0.2, 0.25) is 0 Å². The molecule has 1 N–H and O–H groups in total. The zero-order valence-electron chi connectivity index (χ0n) is 18.0. The molecule has 1 saturated heterocycles. The van der Waals surface area contributed by atoms with Crippen molar-refractivity contribution in [2.75, 3.05) is 18.0 Å². The number of benzene rings is 2. The number of aryl methyl sites for hydroxylation is 2. The number of hydrogen-bond donors (Lipinski definition) is 1. The van der Waals surface area contributed by atoms with E-state index in [-0.39, 0.29) is 11.8 Å². The van der Waals surface area contributed by atoms with Crippen molar-refractivity contribution in [1.82, 2.24) is 15.3 Å². The van der Waals surface area contributed by atoms with Gasteiger partial charge in [-0.1, -0.05) is 59.3 Å². The summed E-state index contributed by atoms with van der Waals surface area (Å²) in [5.41, 5.74) is 3.58. The zero-order valence-corrected chi connectivity index (χ0v) is 18.9. The monoisotopic (exact) mass is 432 g/mol. The largest absolute Gasteiger partial charge is 0.354 e. The molecule has 0 spiro atoms. The summed E-state index contributed by atoms with van der Waals surface area (Å²) in [6.07, 6.45) is 5.33. The maximum absolute atomic E-state index is 12.8. The lowest BCUT2D eigenvalue weighted by Crippen LogP contribution is -2.43. The van der Waals surface area contributed by atoms with Gasteiger partial charge in [-0.15, -0.1) is 0 Å². The van der Waals surface area contributed by atoms with Gasteiger partial charge in [-0.05, 0) is 44.4 Å². The van der Waals surface area contributed by atoms with E-state index in [1.54, 1.807) is 24.2 Å². The molecule has 2 heterocycles. The smallest absolute Gasteiger partial charge is 0.225 e. The lowest BCUT2D eigenvalue weighted by atomic mass is 9.97. The van der Waals surface area contributed by atoms with Gasteiger partial charge in [0.2, 0.25) is 5.91 Å². The second-order valence-corrected chi connectivity index (χ2v) is 9.15. The summed E-state index contributed by atoms with van der Waals surface area (Å²) >= 11 is 1.62. The van der Waals surface area contributed by atoms with Gasteiger partial charge in [-0.3, -0.25) is 4.79 Å². The van der Waals surface area contributed by atoms with Crippen molar-refractivity contribution in [3.8, 4) is 0 Å². The molecule has 0 bridgehead atoms. The molecule has 5 nitrogen and oxygen atoms in total. The fourth-order valence-electron chi connectivity index (χ4n) is 3.75. The number of nitrogens with zero attached hydrogens (tertiary/aromatic N) is 3. The highest BCUT2D eigenvalue weighted by atomic mass is 32.2. The third-order valence-corrected chi connectivity index (χ3v) is 6.55. The lowest BCUT2D eigenvalue weighted by molar-refractivity contribution is -0.125. The van der Waals surface area contributed by atoms with Crippen LogP contribution in [0.4, 0.5) is 5.82 Å². The molecule has 1 aromatic heterocycles. The van der Waals surface area contributed by atoms with E-state index in [1.807, 2.05) is 0 Å². The maximum Gasteiger partial charge on any atom is 0.225 e. The van der Waals surface area contributed by atoms with Crippen molar-refractivity contribution in [3.63, 3.8) is 0 Å². The van der Waals surface area contributed by atoms with Gasteiger partial charge in [0.25, 0.3) is 0 Å². The van der Waals surface area contributed by atoms with Crippen molar-refractivity contribution in [3.05, 3.63) is 77.6 Å². The van der Waals surface area contributed by atoms with E-state index < -0.39 is 0 Å². The number of piperidine rings is 1.